The van der Waals surface area contributed by atoms with Crippen molar-refractivity contribution in [2.24, 2.45) is 0 Å². The lowest BCUT2D eigenvalue weighted by molar-refractivity contribution is -0.140. The first-order valence-electron chi connectivity index (χ1n) is 3.60. The Kier molecular flexibility index (Phi) is 6.47. The average Bonchev–Trinajstić information content (AvgIpc) is 2.11. The van der Waals surface area contributed by atoms with Crippen LogP contribution in [0.4, 0.5) is 0 Å². The summed E-state index contributed by atoms with van der Waals surface area (Å²) in [5.41, 5.74) is 0. The van der Waals surface area contributed by atoms with E-state index in [1.807, 2.05) is 0 Å². The van der Waals surface area contributed by atoms with E-state index in [4.69, 9.17) is 11.6 Å². The molecule has 0 atom stereocenters. The molecule has 0 bridgehead atoms. The normalized spacial score (nSPS) is 9.17. The minimum Gasteiger partial charge on any atom is -0.469 e. The molecular weight excluding hydrogens is 182 g/mol. The fraction of sp³-hybridized carbons (Fsp3) is 0.714. The number of methoxy groups -OCH3 is 1. The zero-order chi connectivity index (χ0) is 9.40. The molecule has 0 radical (unpaired) electrons. The Bertz CT molecular complexity index is 143. The molecule has 0 heterocycles. The summed E-state index contributed by atoms with van der Waals surface area (Å²) in [6.45, 7) is 0.459. The fourth-order valence-electron chi connectivity index (χ4n) is 0.610. The van der Waals surface area contributed by atoms with Crippen molar-refractivity contribution < 1.29 is 14.3 Å². The van der Waals surface area contributed by atoms with Crippen LogP contribution in [0, 0.1) is 0 Å². The summed E-state index contributed by atoms with van der Waals surface area (Å²) >= 11 is 5.22. The summed E-state index contributed by atoms with van der Waals surface area (Å²) in [7, 11) is 1.33. The number of ether oxygens (including phenoxy) is 1. The van der Waals surface area contributed by atoms with E-state index in [9.17, 15) is 9.59 Å². The van der Waals surface area contributed by atoms with Gasteiger partial charge in [0.25, 0.3) is 0 Å². The molecule has 0 aromatic heterocycles. The minimum absolute atomic E-state index is 0.0434. The number of rotatable bonds is 5. The molecule has 0 unspecified atom stereocenters. The van der Waals surface area contributed by atoms with Crippen molar-refractivity contribution in [3.05, 3.63) is 0 Å². The van der Waals surface area contributed by atoms with Crippen LogP contribution in [0.15, 0.2) is 0 Å². The second-order valence-corrected chi connectivity index (χ2v) is 2.43. The molecule has 0 aromatic carbocycles. The van der Waals surface area contributed by atoms with Crippen LogP contribution < -0.4 is 5.32 Å². The van der Waals surface area contributed by atoms with Crippen LogP contribution in [0.2, 0.25) is 0 Å². The highest BCUT2D eigenvalue weighted by atomic mass is 35.5. The predicted molar refractivity (Wildman–Crippen MR) is 45.0 cm³/mol. The van der Waals surface area contributed by atoms with Gasteiger partial charge in [0.15, 0.2) is 0 Å². The summed E-state index contributed by atoms with van der Waals surface area (Å²) in [5.74, 6) is -0.533. The third-order valence-corrected chi connectivity index (χ3v) is 1.47. The molecule has 0 aliphatic carbocycles. The number of alkyl halides is 1. The second-order valence-electron chi connectivity index (χ2n) is 2.16. The van der Waals surface area contributed by atoms with E-state index >= 15 is 0 Å². The molecule has 1 N–H and O–H groups in total. The van der Waals surface area contributed by atoms with E-state index in [1.54, 1.807) is 0 Å². The lowest BCUT2D eigenvalue weighted by Gasteiger charge is -2.01. The molecule has 1 amide bonds. The molecule has 0 aromatic rings. The molecule has 0 aliphatic rings. The first-order chi connectivity index (χ1) is 5.70. The lowest BCUT2D eigenvalue weighted by atomic mass is 10.3. The van der Waals surface area contributed by atoms with Gasteiger partial charge < -0.3 is 10.1 Å². The van der Waals surface area contributed by atoms with Gasteiger partial charge in [-0.1, -0.05) is 0 Å². The topological polar surface area (TPSA) is 55.4 Å². The highest BCUT2D eigenvalue weighted by molar-refractivity contribution is 6.27. The summed E-state index contributed by atoms with van der Waals surface area (Å²) in [6.07, 6.45) is 0.897. The van der Waals surface area contributed by atoms with E-state index in [0.717, 1.165) is 0 Å². The van der Waals surface area contributed by atoms with Crippen LogP contribution >= 0.6 is 11.6 Å². The van der Waals surface area contributed by atoms with Crippen LogP contribution in [0.5, 0.6) is 0 Å². The molecule has 0 aliphatic heterocycles. The molecule has 0 rings (SSSR count). The van der Waals surface area contributed by atoms with Crippen molar-refractivity contribution in [1.82, 2.24) is 5.32 Å². The zero-order valence-electron chi connectivity index (χ0n) is 6.93. The largest absolute Gasteiger partial charge is 0.469 e. The van der Waals surface area contributed by atoms with E-state index in [-0.39, 0.29) is 17.8 Å². The van der Waals surface area contributed by atoms with Gasteiger partial charge in [0, 0.05) is 13.0 Å². The Morgan fingerprint density at radius 3 is 2.67 bits per heavy atom. The molecule has 4 nitrogen and oxygen atoms in total. The molecule has 0 saturated carbocycles. The average molecular weight is 194 g/mol. The van der Waals surface area contributed by atoms with Crippen LogP contribution in [-0.4, -0.2) is 31.4 Å². The summed E-state index contributed by atoms with van der Waals surface area (Å²) in [5, 5.41) is 2.53. The molecule has 0 spiro atoms. The Labute approximate surface area is 76.2 Å². The van der Waals surface area contributed by atoms with E-state index in [2.05, 4.69) is 10.1 Å². The number of carbonyl (C=O) groups excluding carboxylic acids is 2. The van der Waals surface area contributed by atoms with Crippen molar-refractivity contribution in [2.45, 2.75) is 12.8 Å². The Balaban J connectivity index is 3.21. The van der Waals surface area contributed by atoms with Crippen LogP contribution in [-0.2, 0) is 14.3 Å². The molecular formula is C7H12ClNO3. The van der Waals surface area contributed by atoms with Gasteiger partial charge in [0.1, 0.15) is 5.88 Å². The Morgan fingerprint density at radius 1 is 1.50 bits per heavy atom. The first-order valence-corrected chi connectivity index (χ1v) is 4.13. The van der Waals surface area contributed by atoms with E-state index < -0.39 is 0 Å². The monoisotopic (exact) mass is 193 g/mol. The van der Waals surface area contributed by atoms with E-state index in [1.165, 1.54) is 7.11 Å². The van der Waals surface area contributed by atoms with Crippen LogP contribution in [0.1, 0.15) is 12.8 Å². The van der Waals surface area contributed by atoms with Crippen molar-refractivity contribution in [3.63, 3.8) is 0 Å². The minimum atomic E-state index is -0.268. The van der Waals surface area contributed by atoms with Crippen molar-refractivity contribution in [3.8, 4) is 0 Å². The quantitative estimate of drug-likeness (QED) is 0.388. The molecule has 0 fully saturated rings. The second kappa shape index (κ2) is 6.91. The third-order valence-electron chi connectivity index (χ3n) is 1.23. The van der Waals surface area contributed by atoms with Gasteiger partial charge >= 0.3 is 5.97 Å². The number of halogens is 1. The maximum absolute atomic E-state index is 10.6. The van der Waals surface area contributed by atoms with Gasteiger partial charge in [-0.3, -0.25) is 9.59 Å². The Morgan fingerprint density at radius 2 is 2.17 bits per heavy atom. The number of hydrogen-bond acceptors (Lipinski definition) is 3. The van der Waals surface area contributed by atoms with Crippen molar-refractivity contribution in [2.75, 3.05) is 19.5 Å². The smallest absolute Gasteiger partial charge is 0.305 e. The third kappa shape index (κ3) is 5.97. The molecule has 12 heavy (non-hydrogen) atoms. The zero-order valence-corrected chi connectivity index (χ0v) is 7.69. The predicted octanol–water partition coefficient (Wildman–Crippen LogP) is 0.295. The summed E-state index contributed by atoms with van der Waals surface area (Å²) in [6, 6.07) is 0. The Hall–Kier alpha value is -0.770. The van der Waals surface area contributed by atoms with Crippen LogP contribution in [0.25, 0.3) is 0 Å². The number of esters is 1. The van der Waals surface area contributed by atoms with E-state index in [0.29, 0.717) is 19.4 Å². The van der Waals surface area contributed by atoms with Crippen LogP contribution in [0.3, 0.4) is 0 Å². The number of amides is 1. The lowest BCUT2D eigenvalue weighted by Crippen LogP contribution is -2.25. The standard InChI is InChI=1S/C7H12ClNO3/c1-12-7(11)3-2-4-9-6(10)5-8/h2-5H2,1H3,(H,9,10). The van der Waals surface area contributed by atoms with Gasteiger partial charge in [-0.15, -0.1) is 11.6 Å². The van der Waals surface area contributed by atoms with Gasteiger partial charge in [0.2, 0.25) is 5.91 Å². The number of nitrogens with one attached hydrogen (secondary N) is 1. The maximum atomic E-state index is 10.6. The van der Waals surface area contributed by atoms with Gasteiger partial charge in [-0.25, -0.2) is 0 Å². The molecule has 5 heteroatoms. The van der Waals surface area contributed by atoms with Gasteiger partial charge in [-0.2, -0.15) is 0 Å². The highest BCUT2D eigenvalue weighted by Gasteiger charge is 2.00. The number of hydrogen-bond donors (Lipinski definition) is 1. The van der Waals surface area contributed by atoms with Crippen molar-refractivity contribution >= 4 is 23.5 Å². The summed E-state index contributed by atoms with van der Waals surface area (Å²) in [4.78, 5) is 21.1. The SMILES string of the molecule is COC(=O)CCCNC(=O)CCl. The first kappa shape index (κ1) is 11.2. The van der Waals surface area contributed by atoms with Gasteiger partial charge in [0.05, 0.1) is 7.11 Å². The number of carbonyl (C=O) groups is 2. The highest BCUT2D eigenvalue weighted by Crippen LogP contribution is 1.89. The fourth-order valence-corrected chi connectivity index (χ4v) is 0.704. The maximum Gasteiger partial charge on any atom is 0.305 e. The van der Waals surface area contributed by atoms with Crippen molar-refractivity contribution in [1.29, 1.82) is 0 Å². The summed E-state index contributed by atoms with van der Waals surface area (Å²) < 4.78 is 4.41. The molecule has 0 saturated heterocycles. The molecule has 70 valence electrons. The van der Waals surface area contributed by atoms with Gasteiger partial charge in [-0.05, 0) is 6.42 Å².